The lowest BCUT2D eigenvalue weighted by molar-refractivity contribution is -0.142. The fraction of sp³-hybridized carbons (Fsp3) is 0.842. The van der Waals surface area contributed by atoms with Gasteiger partial charge in [0.15, 0.2) is 0 Å². The largest absolute Gasteiger partial charge is 0.336 e. The highest BCUT2D eigenvalue weighted by Gasteiger charge is 2.52. The number of rotatable bonds is 6. The van der Waals surface area contributed by atoms with Crippen LogP contribution in [0, 0.1) is 5.92 Å². The first-order chi connectivity index (χ1) is 11.8. The second-order valence-corrected chi connectivity index (χ2v) is 7.90. The number of carbonyl (C=O) groups is 3. The molecule has 0 unspecified atom stereocenters. The molecule has 0 aromatic rings. The van der Waals surface area contributed by atoms with Crippen LogP contribution in [0.25, 0.3) is 0 Å². The zero-order chi connectivity index (χ0) is 18.8. The second kappa shape index (κ2) is 7.75. The standard InChI is InChI=1S/C19H33N3O3/c1-6-14(4)22(15(5)7-2)16(23)12-21-17(24)19(20-18(21)25)10-8-13(3)9-11-19/h13-15H,6-12H2,1-5H3,(H,20,25)/t13?,14-,15-,19?/m1/s1. The maximum Gasteiger partial charge on any atom is 0.325 e. The van der Waals surface area contributed by atoms with Crippen molar-refractivity contribution in [2.75, 3.05) is 6.54 Å². The van der Waals surface area contributed by atoms with Crippen LogP contribution in [0.4, 0.5) is 4.79 Å². The Labute approximate surface area is 151 Å². The lowest BCUT2D eigenvalue weighted by Crippen LogP contribution is -2.51. The van der Waals surface area contributed by atoms with Crippen molar-refractivity contribution in [2.45, 2.75) is 90.8 Å². The first kappa shape index (κ1) is 19.7. The van der Waals surface area contributed by atoms with Crippen molar-refractivity contribution in [3.8, 4) is 0 Å². The van der Waals surface area contributed by atoms with E-state index in [0.717, 1.165) is 30.6 Å². The van der Waals surface area contributed by atoms with E-state index in [1.165, 1.54) is 0 Å². The van der Waals surface area contributed by atoms with Gasteiger partial charge in [0.05, 0.1) is 0 Å². The maximum absolute atomic E-state index is 12.9. The number of imide groups is 1. The van der Waals surface area contributed by atoms with E-state index < -0.39 is 11.6 Å². The molecule has 4 amide bonds. The molecule has 0 radical (unpaired) electrons. The molecule has 0 bridgehead atoms. The summed E-state index contributed by atoms with van der Waals surface area (Å²) < 4.78 is 0. The van der Waals surface area contributed by atoms with Gasteiger partial charge >= 0.3 is 6.03 Å². The number of nitrogens with one attached hydrogen (secondary N) is 1. The smallest absolute Gasteiger partial charge is 0.325 e. The van der Waals surface area contributed by atoms with Gasteiger partial charge in [-0.1, -0.05) is 20.8 Å². The second-order valence-electron chi connectivity index (χ2n) is 7.90. The summed E-state index contributed by atoms with van der Waals surface area (Å²) in [6.45, 7) is 10.1. The molecule has 0 aromatic heterocycles. The van der Waals surface area contributed by atoms with Gasteiger partial charge in [-0.25, -0.2) is 4.79 Å². The summed E-state index contributed by atoms with van der Waals surface area (Å²) in [7, 11) is 0. The van der Waals surface area contributed by atoms with Crippen LogP contribution in [0.1, 0.15) is 73.1 Å². The SMILES string of the molecule is CC[C@@H](C)N(C(=O)CN1C(=O)NC2(CCC(C)CC2)C1=O)[C@H](C)CC. The average Bonchev–Trinajstić information content (AvgIpc) is 2.81. The third kappa shape index (κ3) is 3.82. The highest BCUT2D eigenvalue weighted by atomic mass is 16.2. The summed E-state index contributed by atoms with van der Waals surface area (Å²) in [6.07, 6.45) is 4.89. The van der Waals surface area contributed by atoms with E-state index in [4.69, 9.17) is 0 Å². The molecule has 2 rings (SSSR count). The van der Waals surface area contributed by atoms with Crippen LogP contribution in [-0.4, -0.2) is 51.8 Å². The van der Waals surface area contributed by atoms with E-state index in [0.29, 0.717) is 18.8 Å². The fourth-order valence-electron chi connectivity index (χ4n) is 3.95. The minimum Gasteiger partial charge on any atom is -0.336 e. The summed E-state index contributed by atoms with van der Waals surface area (Å²) in [5, 5.41) is 2.89. The molecule has 1 saturated carbocycles. The van der Waals surface area contributed by atoms with Crippen LogP contribution >= 0.6 is 0 Å². The molecule has 1 heterocycles. The zero-order valence-electron chi connectivity index (χ0n) is 16.3. The predicted molar refractivity (Wildman–Crippen MR) is 97.0 cm³/mol. The van der Waals surface area contributed by atoms with Crippen LogP contribution in [0.2, 0.25) is 0 Å². The fourth-order valence-corrected chi connectivity index (χ4v) is 3.95. The first-order valence-electron chi connectivity index (χ1n) is 9.71. The summed E-state index contributed by atoms with van der Waals surface area (Å²) in [4.78, 5) is 41.1. The van der Waals surface area contributed by atoms with E-state index in [-0.39, 0.29) is 30.4 Å². The van der Waals surface area contributed by atoms with Crippen LogP contribution in [0.15, 0.2) is 0 Å². The third-order valence-electron chi connectivity index (χ3n) is 6.09. The van der Waals surface area contributed by atoms with E-state index in [9.17, 15) is 14.4 Å². The number of nitrogens with zero attached hydrogens (tertiary/aromatic N) is 2. The molecule has 2 aliphatic rings. The molecule has 25 heavy (non-hydrogen) atoms. The van der Waals surface area contributed by atoms with Gasteiger partial charge in [0.2, 0.25) is 5.91 Å². The lowest BCUT2D eigenvalue weighted by atomic mass is 9.77. The van der Waals surface area contributed by atoms with Gasteiger partial charge < -0.3 is 10.2 Å². The van der Waals surface area contributed by atoms with E-state index in [1.807, 2.05) is 32.6 Å². The molecule has 1 aliphatic heterocycles. The van der Waals surface area contributed by atoms with Crippen molar-refractivity contribution in [2.24, 2.45) is 5.92 Å². The van der Waals surface area contributed by atoms with Gasteiger partial charge in [0.25, 0.3) is 5.91 Å². The molecule has 142 valence electrons. The summed E-state index contributed by atoms with van der Waals surface area (Å²) in [6, 6.07) is -0.235. The van der Waals surface area contributed by atoms with Crippen LogP contribution < -0.4 is 5.32 Å². The minimum absolute atomic E-state index is 0.0905. The predicted octanol–water partition coefficient (Wildman–Crippen LogP) is 2.91. The number of hydrogen-bond donors (Lipinski definition) is 1. The molecule has 2 atom stereocenters. The average molecular weight is 351 g/mol. The van der Waals surface area contributed by atoms with Crippen molar-refractivity contribution in [3.63, 3.8) is 0 Å². The van der Waals surface area contributed by atoms with Gasteiger partial charge in [-0.3, -0.25) is 14.5 Å². The van der Waals surface area contributed by atoms with Gasteiger partial charge in [-0.2, -0.15) is 0 Å². The molecule has 1 saturated heterocycles. The van der Waals surface area contributed by atoms with Crippen molar-refractivity contribution in [1.29, 1.82) is 0 Å². The topological polar surface area (TPSA) is 69.7 Å². The number of hydrogen-bond acceptors (Lipinski definition) is 3. The van der Waals surface area contributed by atoms with Gasteiger partial charge in [-0.05, 0) is 58.3 Å². The van der Waals surface area contributed by atoms with Gasteiger partial charge in [-0.15, -0.1) is 0 Å². The van der Waals surface area contributed by atoms with Gasteiger partial charge in [0.1, 0.15) is 12.1 Å². The van der Waals surface area contributed by atoms with Crippen molar-refractivity contribution >= 4 is 17.8 Å². The summed E-state index contributed by atoms with van der Waals surface area (Å²) in [5.41, 5.74) is -0.776. The van der Waals surface area contributed by atoms with Gasteiger partial charge in [0, 0.05) is 12.1 Å². The lowest BCUT2D eigenvalue weighted by Gasteiger charge is -2.35. The molecular weight excluding hydrogens is 318 g/mol. The summed E-state index contributed by atoms with van der Waals surface area (Å²) >= 11 is 0. The van der Waals surface area contributed by atoms with E-state index >= 15 is 0 Å². The normalized spacial score (nSPS) is 28.8. The number of amides is 4. The number of carbonyl (C=O) groups excluding carboxylic acids is 3. The number of urea groups is 1. The van der Waals surface area contributed by atoms with Crippen molar-refractivity contribution in [1.82, 2.24) is 15.1 Å². The molecule has 1 N–H and O–H groups in total. The highest BCUT2D eigenvalue weighted by Crippen LogP contribution is 2.36. The Morgan fingerprint density at radius 3 is 2.20 bits per heavy atom. The molecule has 0 aromatic carbocycles. The summed E-state index contributed by atoms with van der Waals surface area (Å²) in [5.74, 6) is 0.219. The molecule has 1 aliphatic carbocycles. The van der Waals surface area contributed by atoms with Crippen LogP contribution in [0.3, 0.4) is 0 Å². The highest BCUT2D eigenvalue weighted by molar-refractivity contribution is 6.09. The van der Waals surface area contributed by atoms with Crippen molar-refractivity contribution < 1.29 is 14.4 Å². The Balaban J connectivity index is 2.12. The molecule has 6 nitrogen and oxygen atoms in total. The van der Waals surface area contributed by atoms with Crippen LogP contribution in [-0.2, 0) is 9.59 Å². The monoisotopic (exact) mass is 351 g/mol. The minimum atomic E-state index is -0.776. The quantitative estimate of drug-likeness (QED) is 0.748. The maximum atomic E-state index is 12.9. The van der Waals surface area contributed by atoms with Crippen molar-refractivity contribution in [3.05, 3.63) is 0 Å². The Morgan fingerprint density at radius 1 is 1.20 bits per heavy atom. The molecular formula is C19H33N3O3. The molecule has 6 heteroatoms. The Bertz CT molecular complexity index is 516. The molecule has 1 spiro atoms. The first-order valence-corrected chi connectivity index (χ1v) is 9.71. The molecule has 2 fully saturated rings. The van der Waals surface area contributed by atoms with E-state index in [2.05, 4.69) is 12.2 Å². The van der Waals surface area contributed by atoms with Crippen LogP contribution in [0.5, 0.6) is 0 Å². The third-order valence-corrected chi connectivity index (χ3v) is 6.09. The Morgan fingerprint density at radius 2 is 1.72 bits per heavy atom. The Kier molecular flexibility index (Phi) is 6.12. The van der Waals surface area contributed by atoms with E-state index in [1.54, 1.807) is 0 Å². The Hall–Kier alpha value is -1.59. The zero-order valence-corrected chi connectivity index (χ0v) is 16.3.